The van der Waals surface area contributed by atoms with E-state index in [1.54, 1.807) is 12.1 Å². The van der Waals surface area contributed by atoms with Gasteiger partial charge in [0.15, 0.2) is 5.78 Å². The number of ketones is 1. The summed E-state index contributed by atoms with van der Waals surface area (Å²) in [6, 6.07) is 8.83. The molecule has 76 valence electrons. The van der Waals surface area contributed by atoms with Gasteiger partial charge in [-0.2, -0.15) is 0 Å². The lowest BCUT2D eigenvalue weighted by molar-refractivity contribution is 0.0957. The van der Waals surface area contributed by atoms with Gasteiger partial charge >= 0.3 is 0 Å². The van der Waals surface area contributed by atoms with E-state index >= 15 is 0 Å². The molecule has 0 amide bonds. The Kier molecular flexibility index (Phi) is 4.84. The lowest BCUT2D eigenvalue weighted by atomic mass is 10.0. The molecule has 0 saturated heterocycles. The first-order valence-corrected chi connectivity index (χ1v) is 5.78. The molecule has 0 fully saturated rings. The molecular weight excluding hydrogens is 242 g/mol. The third-order valence-corrected chi connectivity index (χ3v) is 2.60. The Morgan fingerprint density at radius 1 is 1.36 bits per heavy atom. The summed E-state index contributed by atoms with van der Waals surface area (Å²) >= 11 is 3.32. The largest absolute Gasteiger partial charge is 0.321 e. The molecule has 1 aromatic rings. The number of Topliss-reactive ketones (excluding diaryl/α,β-unsaturated/α-hetero) is 1. The van der Waals surface area contributed by atoms with Gasteiger partial charge in [-0.25, -0.2) is 0 Å². The second-order valence-corrected chi connectivity index (χ2v) is 3.96. The van der Waals surface area contributed by atoms with Gasteiger partial charge in [0.05, 0.1) is 6.04 Å². The van der Waals surface area contributed by atoms with E-state index in [1.807, 2.05) is 18.2 Å². The summed E-state index contributed by atoms with van der Waals surface area (Å²) in [5, 5.41) is 0.892. The van der Waals surface area contributed by atoms with Crippen molar-refractivity contribution in [1.82, 2.24) is 0 Å². The number of halogens is 1. The van der Waals surface area contributed by atoms with Crippen LogP contribution in [0, 0.1) is 0 Å². The highest BCUT2D eigenvalue weighted by molar-refractivity contribution is 9.09. The van der Waals surface area contributed by atoms with Crippen molar-refractivity contribution in [3.63, 3.8) is 0 Å². The number of rotatable bonds is 5. The first-order valence-electron chi connectivity index (χ1n) is 4.66. The first kappa shape index (κ1) is 11.4. The third kappa shape index (κ3) is 3.24. The van der Waals surface area contributed by atoms with Crippen LogP contribution in [0.15, 0.2) is 30.3 Å². The molecule has 1 rings (SSSR count). The van der Waals surface area contributed by atoms with Gasteiger partial charge < -0.3 is 5.73 Å². The maximum absolute atomic E-state index is 11.7. The van der Waals surface area contributed by atoms with Crippen LogP contribution in [0.1, 0.15) is 23.2 Å². The Labute approximate surface area is 92.6 Å². The maximum Gasteiger partial charge on any atom is 0.179 e. The molecule has 0 saturated carbocycles. The van der Waals surface area contributed by atoms with Crippen LogP contribution in [0.4, 0.5) is 0 Å². The molecule has 0 heterocycles. The molecule has 0 bridgehead atoms. The molecule has 1 aromatic carbocycles. The van der Waals surface area contributed by atoms with E-state index in [-0.39, 0.29) is 11.8 Å². The Hall–Kier alpha value is -0.670. The minimum atomic E-state index is -0.366. The fraction of sp³-hybridized carbons (Fsp3) is 0.364. The van der Waals surface area contributed by atoms with Crippen molar-refractivity contribution >= 4 is 21.7 Å². The Bertz CT molecular complexity index is 287. The van der Waals surface area contributed by atoms with Gasteiger partial charge in [-0.05, 0) is 12.8 Å². The molecule has 14 heavy (non-hydrogen) atoms. The van der Waals surface area contributed by atoms with E-state index in [0.29, 0.717) is 5.56 Å². The van der Waals surface area contributed by atoms with Crippen molar-refractivity contribution in [3.8, 4) is 0 Å². The molecule has 3 heteroatoms. The second-order valence-electron chi connectivity index (χ2n) is 3.17. The number of hydrogen-bond donors (Lipinski definition) is 1. The molecule has 0 spiro atoms. The number of hydrogen-bond acceptors (Lipinski definition) is 2. The lowest BCUT2D eigenvalue weighted by Crippen LogP contribution is -2.30. The molecular formula is C11H14BrNO. The zero-order valence-corrected chi connectivity index (χ0v) is 9.53. The van der Waals surface area contributed by atoms with Crippen LogP contribution in [0.2, 0.25) is 0 Å². The zero-order chi connectivity index (χ0) is 10.4. The molecule has 0 aliphatic heterocycles. The van der Waals surface area contributed by atoms with Crippen molar-refractivity contribution in [3.05, 3.63) is 35.9 Å². The minimum Gasteiger partial charge on any atom is -0.321 e. The summed E-state index contributed by atoms with van der Waals surface area (Å²) in [7, 11) is 0. The van der Waals surface area contributed by atoms with Crippen molar-refractivity contribution in [2.24, 2.45) is 5.73 Å². The average molecular weight is 256 g/mol. The van der Waals surface area contributed by atoms with E-state index in [0.717, 1.165) is 18.2 Å². The fourth-order valence-electron chi connectivity index (χ4n) is 1.24. The lowest BCUT2D eigenvalue weighted by Gasteiger charge is -2.08. The monoisotopic (exact) mass is 255 g/mol. The zero-order valence-electron chi connectivity index (χ0n) is 7.95. The van der Waals surface area contributed by atoms with E-state index < -0.39 is 0 Å². The van der Waals surface area contributed by atoms with Gasteiger partial charge in [0.2, 0.25) is 0 Å². The van der Waals surface area contributed by atoms with Crippen LogP contribution in [0.5, 0.6) is 0 Å². The highest BCUT2D eigenvalue weighted by Gasteiger charge is 2.14. The van der Waals surface area contributed by atoms with Crippen LogP contribution in [-0.2, 0) is 0 Å². The van der Waals surface area contributed by atoms with Gasteiger partial charge in [-0.15, -0.1) is 0 Å². The summed E-state index contributed by atoms with van der Waals surface area (Å²) in [5.41, 5.74) is 6.47. The fourth-order valence-corrected chi connectivity index (χ4v) is 1.57. The summed E-state index contributed by atoms with van der Waals surface area (Å²) in [6.07, 6.45) is 1.67. The molecule has 0 aromatic heterocycles. The molecule has 1 atom stereocenters. The van der Waals surface area contributed by atoms with Gasteiger partial charge in [0.25, 0.3) is 0 Å². The molecule has 0 aliphatic carbocycles. The van der Waals surface area contributed by atoms with Crippen LogP contribution in [-0.4, -0.2) is 17.2 Å². The quantitative estimate of drug-likeness (QED) is 0.649. The van der Waals surface area contributed by atoms with Crippen LogP contribution in [0.25, 0.3) is 0 Å². The molecule has 0 aliphatic rings. The summed E-state index contributed by atoms with van der Waals surface area (Å²) < 4.78 is 0. The number of carbonyl (C=O) groups is 1. The first-order chi connectivity index (χ1) is 6.75. The number of nitrogens with two attached hydrogens (primary N) is 1. The Morgan fingerprint density at radius 2 is 2.00 bits per heavy atom. The topological polar surface area (TPSA) is 43.1 Å². The molecule has 0 radical (unpaired) electrons. The molecule has 1 unspecified atom stereocenters. The molecule has 2 nitrogen and oxygen atoms in total. The van der Waals surface area contributed by atoms with E-state index in [2.05, 4.69) is 15.9 Å². The highest BCUT2D eigenvalue weighted by Crippen LogP contribution is 2.06. The van der Waals surface area contributed by atoms with Crippen LogP contribution >= 0.6 is 15.9 Å². The minimum absolute atomic E-state index is 0.0338. The smallest absolute Gasteiger partial charge is 0.179 e. The highest BCUT2D eigenvalue weighted by atomic mass is 79.9. The standard InChI is InChI=1S/C11H14BrNO/c12-8-4-7-10(13)11(14)9-5-2-1-3-6-9/h1-3,5-6,10H,4,7-8,13H2. The number of alkyl halides is 1. The summed E-state index contributed by atoms with van der Waals surface area (Å²) in [6.45, 7) is 0. The number of carbonyl (C=O) groups excluding carboxylic acids is 1. The molecule has 2 N–H and O–H groups in total. The van der Waals surface area contributed by atoms with E-state index in [4.69, 9.17) is 5.73 Å². The maximum atomic E-state index is 11.7. The van der Waals surface area contributed by atoms with Gasteiger partial charge in [0.1, 0.15) is 0 Å². The Morgan fingerprint density at radius 3 is 2.57 bits per heavy atom. The normalized spacial score (nSPS) is 12.4. The summed E-state index contributed by atoms with van der Waals surface area (Å²) in [4.78, 5) is 11.7. The predicted octanol–water partition coefficient (Wildman–Crippen LogP) is 2.37. The SMILES string of the molecule is NC(CCCBr)C(=O)c1ccccc1. The van der Waals surface area contributed by atoms with Crippen LogP contribution in [0.3, 0.4) is 0 Å². The number of benzene rings is 1. The van der Waals surface area contributed by atoms with E-state index in [9.17, 15) is 4.79 Å². The summed E-state index contributed by atoms with van der Waals surface area (Å²) in [5.74, 6) is 0.0338. The van der Waals surface area contributed by atoms with E-state index in [1.165, 1.54) is 0 Å². The van der Waals surface area contributed by atoms with Crippen molar-refractivity contribution < 1.29 is 4.79 Å². The van der Waals surface area contributed by atoms with Crippen molar-refractivity contribution in [2.75, 3.05) is 5.33 Å². The third-order valence-electron chi connectivity index (χ3n) is 2.04. The van der Waals surface area contributed by atoms with Gasteiger partial charge in [-0.1, -0.05) is 46.3 Å². The Balaban J connectivity index is 2.57. The van der Waals surface area contributed by atoms with Crippen molar-refractivity contribution in [1.29, 1.82) is 0 Å². The predicted molar refractivity (Wildman–Crippen MR) is 61.8 cm³/mol. The van der Waals surface area contributed by atoms with Gasteiger partial charge in [-0.3, -0.25) is 4.79 Å². The van der Waals surface area contributed by atoms with Gasteiger partial charge in [0, 0.05) is 10.9 Å². The van der Waals surface area contributed by atoms with Crippen molar-refractivity contribution in [2.45, 2.75) is 18.9 Å². The van der Waals surface area contributed by atoms with Crippen LogP contribution < -0.4 is 5.73 Å². The average Bonchev–Trinajstić information content (AvgIpc) is 2.26. The second kappa shape index (κ2) is 5.94.